The van der Waals surface area contributed by atoms with E-state index in [-0.39, 0.29) is 10.8 Å². The molecular weight excluding hydrogens is 160 g/mol. The maximum absolute atomic E-state index is 5.61. The predicted octanol–water partition coefficient (Wildman–Crippen LogP) is 2.71. The molecule has 0 heterocycles. The highest BCUT2D eigenvalue weighted by Gasteiger charge is 2.50. The van der Waals surface area contributed by atoms with E-state index in [9.17, 15) is 0 Å². The minimum Gasteiger partial charge on any atom is -0.384 e. The van der Waals surface area contributed by atoms with E-state index in [0.717, 1.165) is 13.0 Å². The van der Waals surface area contributed by atoms with Gasteiger partial charge in [-0.1, -0.05) is 19.8 Å². The minimum absolute atomic E-state index is 0.0518. The highest BCUT2D eigenvalue weighted by Crippen LogP contribution is 2.55. The van der Waals surface area contributed by atoms with Crippen molar-refractivity contribution in [1.29, 1.82) is 0 Å². The van der Waals surface area contributed by atoms with E-state index < -0.39 is 0 Å². The lowest BCUT2D eigenvalue weighted by Crippen LogP contribution is -2.34. The average Bonchev–Trinajstić information content (AvgIpc) is 2.30. The fourth-order valence-corrected chi connectivity index (χ4v) is 2.35. The third kappa shape index (κ3) is 1.48. The van der Waals surface area contributed by atoms with Crippen molar-refractivity contribution >= 4 is 0 Å². The molecule has 1 fully saturated rings. The van der Waals surface area contributed by atoms with Gasteiger partial charge in [-0.15, -0.1) is 6.42 Å². The molecule has 0 aromatic heterocycles. The number of hydrogen-bond donors (Lipinski definition) is 0. The second-order valence-electron chi connectivity index (χ2n) is 4.89. The van der Waals surface area contributed by atoms with Crippen molar-refractivity contribution in [1.82, 2.24) is 0 Å². The summed E-state index contributed by atoms with van der Waals surface area (Å²) in [5.74, 6) is 3.57. The Labute approximate surface area is 81.9 Å². The van der Waals surface area contributed by atoms with Gasteiger partial charge in [-0.2, -0.15) is 0 Å². The maximum atomic E-state index is 5.61. The molecule has 0 N–H and O–H groups in total. The Morgan fingerprint density at radius 2 is 2.08 bits per heavy atom. The van der Waals surface area contributed by atoms with Crippen molar-refractivity contribution in [2.24, 2.45) is 16.7 Å². The quantitative estimate of drug-likeness (QED) is 0.594. The van der Waals surface area contributed by atoms with Gasteiger partial charge < -0.3 is 4.74 Å². The highest BCUT2D eigenvalue weighted by molar-refractivity contribution is 5.15. The van der Waals surface area contributed by atoms with Gasteiger partial charge in [0.25, 0.3) is 0 Å². The summed E-state index contributed by atoms with van der Waals surface area (Å²) in [5, 5.41) is 0. The lowest BCUT2D eigenvalue weighted by molar-refractivity contribution is 0.0657. The molecule has 0 aromatic rings. The van der Waals surface area contributed by atoms with Crippen LogP contribution in [-0.4, -0.2) is 13.7 Å². The van der Waals surface area contributed by atoms with Crippen LogP contribution in [0.4, 0.5) is 0 Å². The van der Waals surface area contributed by atoms with E-state index in [0.29, 0.717) is 5.92 Å². The van der Waals surface area contributed by atoms with Crippen LogP contribution in [0, 0.1) is 29.1 Å². The first kappa shape index (κ1) is 10.6. The smallest absolute Gasteiger partial charge is 0.0496 e. The molecule has 0 aliphatic heterocycles. The van der Waals surface area contributed by atoms with Crippen LogP contribution in [0.3, 0.4) is 0 Å². The SMILES string of the molecule is C#C[C@]1(C)CC[C@@H](COC)C1(C)C. The monoisotopic (exact) mass is 180 g/mol. The molecule has 1 heteroatoms. The largest absolute Gasteiger partial charge is 0.384 e. The normalized spacial score (nSPS) is 37.3. The van der Waals surface area contributed by atoms with Gasteiger partial charge in [0.1, 0.15) is 0 Å². The molecule has 0 saturated heterocycles. The fourth-order valence-electron chi connectivity index (χ4n) is 2.35. The molecule has 1 aliphatic carbocycles. The molecule has 74 valence electrons. The van der Waals surface area contributed by atoms with Crippen molar-refractivity contribution in [3.05, 3.63) is 0 Å². The zero-order valence-corrected chi connectivity index (χ0v) is 9.18. The molecule has 0 radical (unpaired) electrons. The minimum atomic E-state index is 0.0518. The number of terminal acetylenes is 1. The Balaban J connectivity index is 2.84. The van der Waals surface area contributed by atoms with Gasteiger partial charge >= 0.3 is 0 Å². The third-order valence-corrected chi connectivity index (χ3v) is 4.12. The van der Waals surface area contributed by atoms with Crippen LogP contribution in [-0.2, 0) is 4.74 Å². The van der Waals surface area contributed by atoms with Gasteiger partial charge in [0.2, 0.25) is 0 Å². The van der Waals surface area contributed by atoms with E-state index in [2.05, 4.69) is 26.7 Å². The van der Waals surface area contributed by atoms with Crippen molar-refractivity contribution in [2.75, 3.05) is 13.7 Å². The van der Waals surface area contributed by atoms with Crippen LogP contribution >= 0.6 is 0 Å². The molecule has 2 atom stereocenters. The molecule has 0 aromatic carbocycles. The van der Waals surface area contributed by atoms with Crippen LogP contribution in [0.25, 0.3) is 0 Å². The van der Waals surface area contributed by atoms with Gasteiger partial charge in [0, 0.05) is 19.1 Å². The number of rotatable bonds is 2. The summed E-state index contributed by atoms with van der Waals surface area (Å²) in [6.45, 7) is 7.57. The van der Waals surface area contributed by atoms with Crippen molar-refractivity contribution in [3.63, 3.8) is 0 Å². The molecule has 1 saturated carbocycles. The summed E-state index contributed by atoms with van der Waals surface area (Å²) < 4.78 is 5.23. The van der Waals surface area contributed by atoms with Crippen molar-refractivity contribution in [2.45, 2.75) is 33.6 Å². The summed E-state index contributed by atoms with van der Waals surface area (Å²) in [4.78, 5) is 0. The van der Waals surface area contributed by atoms with Gasteiger partial charge in [-0.3, -0.25) is 0 Å². The van der Waals surface area contributed by atoms with E-state index >= 15 is 0 Å². The predicted molar refractivity (Wildman–Crippen MR) is 55.3 cm³/mol. The topological polar surface area (TPSA) is 9.23 Å². The summed E-state index contributed by atoms with van der Waals surface area (Å²) in [7, 11) is 1.77. The second kappa shape index (κ2) is 3.35. The number of ether oxygens (including phenoxy) is 1. The van der Waals surface area contributed by atoms with Gasteiger partial charge in [0.15, 0.2) is 0 Å². The molecule has 0 amide bonds. The van der Waals surface area contributed by atoms with Crippen LogP contribution in [0.2, 0.25) is 0 Å². The number of hydrogen-bond acceptors (Lipinski definition) is 1. The second-order valence-corrected chi connectivity index (χ2v) is 4.89. The first-order valence-electron chi connectivity index (χ1n) is 4.94. The Morgan fingerprint density at radius 1 is 1.46 bits per heavy atom. The van der Waals surface area contributed by atoms with E-state index in [1.54, 1.807) is 7.11 Å². The average molecular weight is 180 g/mol. The van der Waals surface area contributed by atoms with E-state index in [1.165, 1.54) is 6.42 Å². The molecule has 13 heavy (non-hydrogen) atoms. The lowest BCUT2D eigenvalue weighted by atomic mass is 9.66. The summed E-state index contributed by atoms with van der Waals surface area (Å²) in [5.41, 5.74) is 0.258. The zero-order valence-electron chi connectivity index (χ0n) is 9.18. The van der Waals surface area contributed by atoms with Crippen LogP contribution < -0.4 is 0 Å². The zero-order chi connectivity index (χ0) is 10.1. The van der Waals surface area contributed by atoms with Gasteiger partial charge in [-0.05, 0) is 31.1 Å². The summed E-state index contributed by atoms with van der Waals surface area (Å²) in [6, 6.07) is 0. The van der Waals surface area contributed by atoms with Gasteiger partial charge in [0.05, 0.1) is 0 Å². The van der Waals surface area contributed by atoms with Gasteiger partial charge in [-0.25, -0.2) is 0 Å². The maximum Gasteiger partial charge on any atom is 0.0496 e. The molecular formula is C12H20O. The standard InChI is InChI=1S/C12H20O/c1-6-12(4)8-7-10(9-13-5)11(12,2)3/h1,10H,7-9H2,2-5H3/t10-,12+/m0/s1. The summed E-state index contributed by atoms with van der Waals surface area (Å²) in [6.07, 6.45) is 7.94. The van der Waals surface area contributed by atoms with Crippen molar-refractivity contribution < 1.29 is 4.74 Å². The van der Waals surface area contributed by atoms with Crippen molar-refractivity contribution in [3.8, 4) is 12.3 Å². The first-order valence-corrected chi connectivity index (χ1v) is 4.94. The van der Waals surface area contributed by atoms with Crippen LogP contribution in [0.15, 0.2) is 0 Å². The molecule has 1 nitrogen and oxygen atoms in total. The highest BCUT2D eigenvalue weighted by atomic mass is 16.5. The molecule has 1 rings (SSSR count). The first-order chi connectivity index (χ1) is 5.98. The molecule has 0 spiro atoms. The molecule has 1 aliphatic rings. The molecule has 0 unspecified atom stereocenters. The van der Waals surface area contributed by atoms with Crippen LogP contribution in [0.5, 0.6) is 0 Å². The lowest BCUT2D eigenvalue weighted by Gasteiger charge is -2.37. The third-order valence-electron chi connectivity index (χ3n) is 4.12. The Bertz CT molecular complexity index is 224. The summed E-state index contributed by atoms with van der Waals surface area (Å²) >= 11 is 0. The fraction of sp³-hybridized carbons (Fsp3) is 0.833. The number of methoxy groups -OCH3 is 1. The van der Waals surface area contributed by atoms with Crippen LogP contribution in [0.1, 0.15) is 33.6 Å². The Kier molecular flexibility index (Phi) is 2.73. The molecule has 0 bridgehead atoms. The Morgan fingerprint density at radius 3 is 2.46 bits per heavy atom. The van der Waals surface area contributed by atoms with E-state index in [4.69, 9.17) is 11.2 Å². The van der Waals surface area contributed by atoms with E-state index in [1.807, 2.05) is 0 Å². The Hall–Kier alpha value is -0.480.